The maximum Gasteiger partial charge on any atom is 0.231 e. The predicted molar refractivity (Wildman–Crippen MR) is 67.9 cm³/mol. The molecule has 0 saturated carbocycles. The Morgan fingerprint density at radius 2 is 2.11 bits per heavy atom. The molecule has 2 aromatic rings. The van der Waals surface area contributed by atoms with Gasteiger partial charge in [0.05, 0.1) is 18.9 Å². The summed E-state index contributed by atoms with van der Waals surface area (Å²) in [5, 5.41) is 13.2. The Morgan fingerprint density at radius 3 is 2.95 bits per heavy atom. The first-order valence-corrected chi connectivity index (χ1v) is 6.13. The molecule has 3 rings (SSSR count). The van der Waals surface area contributed by atoms with E-state index in [0.717, 1.165) is 17.1 Å². The molecule has 0 radical (unpaired) electrons. The Labute approximate surface area is 110 Å². The van der Waals surface area contributed by atoms with Crippen molar-refractivity contribution in [3.63, 3.8) is 0 Å². The number of nitrogens with one attached hydrogen (secondary N) is 1. The minimum Gasteiger partial charge on any atom is -0.468 e. The molecule has 19 heavy (non-hydrogen) atoms. The fourth-order valence-electron chi connectivity index (χ4n) is 1.98. The molecule has 1 aromatic heterocycles. The number of aliphatic hydroxyl groups excluding tert-OH is 1. The second-order valence-electron chi connectivity index (χ2n) is 4.34. The highest BCUT2D eigenvalue weighted by molar-refractivity contribution is 5.45. The largest absolute Gasteiger partial charge is 0.468 e. The SMILES string of the molecule is OC(CNCc1ccco1)c1ccc2c(c1)OCO2. The van der Waals surface area contributed by atoms with E-state index in [1.165, 1.54) is 0 Å². The van der Waals surface area contributed by atoms with Crippen molar-refractivity contribution in [2.24, 2.45) is 0 Å². The molecule has 1 atom stereocenters. The zero-order valence-electron chi connectivity index (χ0n) is 10.3. The molecule has 100 valence electrons. The molecule has 2 heterocycles. The first-order valence-electron chi connectivity index (χ1n) is 6.13. The van der Waals surface area contributed by atoms with E-state index in [1.54, 1.807) is 6.26 Å². The van der Waals surface area contributed by atoms with Crippen LogP contribution in [0.5, 0.6) is 11.5 Å². The van der Waals surface area contributed by atoms with Gasteiger partial charge in [0, 0.05) is 6.54 Å². The Balaban J connectivity index is 1.56. The van der Waals surface area contributed by atoms with Gasteiger partial charge in [-0.3, -0.25) is 0 Å². The molecule has 1 unspecified atom stereocenters. The molecule has 0 fully saturated rings. The summed E-state index contributed by atoms with van der Waals surface area (Å²) < 4.78 is 15.7. The van der Waals surface area contributed by atoms with Gasteiger partial charge >= 0.3 is 0 Å². The molecule has 0 spiro atoms. The molecule has 1 aliphatic rings. The third-order valence-electron chi connectivity index (χ3n) is 3.00. The van der Waals surface area contributed by atoms with Crippen LogP contribution in [-0.2, 0) is 6.54 Å². The van der Waals surface area contributed by atoms with Crippen molar-refractivity contribution >= 4 is 0 Å². The van der Waals surface area contributed by atoms with Crippen molar-refractivity contribution in [2.75, 3.05) is 13.3 Å². The number of hydrogen-bond donors (Lipinski definition) is 2. The topological polar surface area (TPSA) is 63.9 Å². The molecule has 1 aromatic carbocycles. The van der Waals surface area contributed by atoms with Crippen LogP contribution < -0.4 is 14.8 Å². The summed E-state index contributed by atoms with van der Waals surface area (Å²) in [5.41, 5.74) is 0.802. The first kappa shape index (κ1) is 12.1. The van der Waals surface area contributed by atoms with Gasteiger partial charge in [-0.05, 0) is 29.8 Å². The smallest absolute Gasteiger partial charge is 0.231 e. The summed E-state index contributed by atoms with van der Waals surface area (Å²) in [5.74, 6) is 2.25. The van der Waals surface area contributed by atoms with E-state index in [1.807, 2.05) is 30.3 Å². The highest BCUT2D eigenvalue weighted by Gasteiger charge is 2.16. The summed E-state index contributed by atoms with van der Waals surface area (Å²) in [7, 11) is 0. The van der Waals surface area contributed by atoms with Crippen LogP contribution in [-0.4, -0.2) is 18.4 Å². The highest BCUT2D eigenvalue weighted by Crippen LogP contribution is 2.34. The van der Waals surface area contributed by atoms with Crippen LogP contribution in [0.3, 0.4) is 0 Å². The van der Waals surface area contributed by atoms with Gasteiger partial charge in [-0.2, -0.15) is 0 Å². The summed E-state index contributed by atoms with van der Waals surface area (Å²) in [6.07, 6.45) is 1.04. The van der Waals surface area contributed by atoms with Crippen LogP contribution in [0, 0.1) is 0 Å². The Hall–Kier alpha value is -1.98. The van der Waals surface area contributed by atoms with Crippen LogP contribution in [0.1, 0.15) is 17.4 Å². The first-order chi connectivity index (χ1) is 9.33. The van der Waals surface area contributed by atoms with Gasteiger partial charge in [-0.1, -0.05) is 6.07 Å². The van der Waals surface area contributed by atoms with E-state index < -0.39 is 6.10 Å². The van der Waals surface area contributed by atoms with Crippen LogP contribution in [0.2, 0.25) is 0 Å². The Morgan fingerprint density at radius 1 is 1.21 bits per heavy atom. The minimum atomic E-state index is -0.593. The average Bonchev–Trinajstić information content (AvgIpc) is 3.08. The average molecular weight is 261 g/mol. The zero-order chi connectivity index (χ0) is 13.1. The molecule has 5 heteroatoms. The van der Waals surface area contributed by atoms with Gasteiger partial charge in [0.2, 0.25) is 6.79 Å². The fourth-order valence-corrected chi connectivity index (χ4v) is 1.98. The standard InChI is InChI=1S/C14H15NO4/c16-12(8-15-7-11-2-1-5-17-11)10-3-4-13-14(6-10)19-9-18-13/h1-6,12,15-16H,7-9H2. The van der Waals surface area contributed by atoms with Gasteiger partial charge in [0.1, 0.15) is 5.76 Å². The molecule has 0 aliphatic carbocycles. The molecular formula is C14H15NO4. The molecule has 0 bridgehead atoms. The lowest BCUT2D eigenvalue weighted by atomic mass is 10.1. The van der Waals surface area contributed by atoms with E-state index in [9.17, 15) is 5.11 Å². The van der Waals surface area contributed by atoms with Crippen LogP contribution in [0.25, 0.3) is 0 Å². The van der Waals surface area contributed by atoms with Crippen molar-refractivity contribution in [1.29, 1.82) is 0 Å². The van der Waals surface area contributed by atoms with E-state index in [2.05, 4.69) is 5.32 Å². The third kappa shape index (κ3) is 2.72. The lowest BCUT2D eigenvalue weighted by molar-refractivity contribution is 0.169. The van der Waals surface area contributed by atoms with Crippen molar-refractivity contribution < 1.29 is 19.0 Å². The minimum absolute atomic E-state index is 0.242. The maximum atomic E-state index is 10.1. The fraction of sp³-hybridized carbons (Fsp3) is 0.286. The summed E-state index contributed by atoms with van der Waals surface area (Å²) in [6, 6.07) is 9.19. The molecule has 0 saturated heterocycles. The van der Waals surface area contributed by atoms with Crippen LogP contribution in [0.4, 0.5) is 0 Å². The van der Waals surface area contributed by atoms with Gasteiger partial charge < -0.3 is 24.3 Å². The number of benzene rings is 1. The van der Waals surface area contributed by atoms with Gasteiger partial charge in [-0.25, -0.2) is 0 Å². The van der Waals surface area contributed by atoms with Crippen molar-refractivity contribution in [2.45, 2.75) is 12.6 Å². The summed E-state index contributed by atoms with van der Waals surface area (Å²) >= 11 is 0. The molecule has 1 aliphatic heterocycles. The zero-order valence-corrected chi connectivity index (χ0v) is 10.3. The second kappa shape index (κ2) is 5.34. The molecule has 0 amide bonds. The number of furan rings is 1. The summed E-state index contributed by atoms with van der Waals surface area (Å²) in [4.78, 5) is 0. The van der Waals surface area contributed by atoms with Gasteiger partial charge in [0.25, 0.3) is 0 Å². The van der Waals surface area contributed by atoms with E-state index in [-0.39, 0.29) is 6.79 Å². The summed E-state index contributed by atoms with van der Waals surface area (Å²) in [6.45, 7) is 1.28. The highest BCUT2D eigenvalue weighted by atomic mass is 16.7. The monoisotopic (exact) mass is 261 g/mol. The molecule has 2 N–H and O–H groups in total. The third-order valence-corrected chi connectivity index (χ3v) is 3.00. The van der Waals surface area contributed by atoms with E-state index >= 15 is 0 Å². The normalized spacial score (nSPS) is 14.6. The lowest BCUT2D eigenvalue weighted by Gasteiger charge is -2.12. The predicted octanol–water partition coefficient (Wildman–Crippen LogP) is 1.83. The van der Waals surface area contributed by atoms with Gasteiger partial charge in [0.15, 0.2) is 11.5 Å². The van der Waals surface area contributed by atoms with Crippen molar-refractivity contribution in [3.05, 3.63) is 47.9 Å². The quantitative estimate of drug-likeness (QED) is 0.859. The Kier molecular flexibility index (Phi) is 3.39. The van der Waals surface area contributed by atoms with Gasteiger partial charge in [-0.15, -0.1) is 0 Å². The molecular weight excluding hydrogens is 246 g/mol. The maximum absolute atomic E-state index is 10.1. The number of aliphatic hydroxyl groups is 1. The van der Waals surface area contributed by atoms with E-state index in [4.69, 9.17) is 13.9 Å². The number of ether oxygens (including phenoxy) is 2. The van der Waals surface area contributed by atoms with Crippen molar-refractivity contribution in [1.82, 2.24) is 5.32 Å². The number of rotatable bonds is 5. The van der Waals surface area contributed by atoms with Crippen LogP contribution >= 0.6 is 0 Å². The number of hydrogen-bond acceptors (Lipinski definition) is 5. The molecule has 5 nitrogen and oxygen atoms in total. The Bertz CT molecular complexity index is 538. The van der Waals surface area contributed by atoms with Crippen molar-refractivity contribution in [3.8, 4) is 11.5 Å². The lowest BCUT2D eigenvalue weighted by Crippen LogP contribution is -2.20. The van der Waals surface area contributed by atoms with Crippen LogP contribution in [0.15, 0.2) is 41.0 Å². The number of fused-ring (bicyclic) bond motifs is 1. The second-order valence-corrected chi connectivity index (χ2v) is 4.34. The van der Waals surface area contributed by atoms with E-state index in [0.29, 0.717) is 18.8 Å².